The summed E-state index contributed by atoms with van der Waals surface area (Å²) in [5, 5.41) is 9.94. The Morgan fingerprint density at radius 3 is 2.47 bits per heavy atom. The number of amides is 1. The van der Waals surface area contributed by atoms with Crippen LogP contribution in [0.25, 0.3) is 0 Å². The number of aryl methyl sites for hydroxylation is 1. The molecule has 2 rings (SSSR count). The van der Waals surface area contributed by atoms with E-state index in [-0.39, 0.29) is 17.9 Å². The molecular weight excluding hydrogens is 240 g/mol. The third-order valence-corrected chi connectivity index (χ3v) is 2.82. The summed E-state index contributed by atoms with van der Waals surface area (Å²) >= 11 is 0. The van der Waals surface area contributed by atoms with Gasteiger partial charge in [-0.1, -0.05) is 44.2 Å². The molecule has 5 heteroatoms. The number of benzene rings is 1. The fourth-order valence-electron chi connectivity index (χ4n) is 1.74. The van der Waals surface area contributed by atoms with E-state index in [0.29, 0.717) is 5.82 Å². The Labute approximate surface area is 112 Å². The van der Waals surface area contributed by atoms with Gasteiger partial charge in [-0.25, -0.2) is 4.98 Å². The fourth-order valence-corrected chi connectivity index (χ4v) is 1.74. The minimum atomic E-state index is -0.318. The van der Waals surface area contributed by atoms with Crippen LogP contribution in [0, 0.1) is 12.8 Å². The van der Waals surface area contributed by atoms with Gasteiger partial charge < -0.3 is 5.32 Å². The lowest BCUT2D eigenvalue weighted by atomic mass is 10.1. The number of H-pyrrole nitrogens is 1. The molecule has 100 valence electrons. The van der Waals surface area contributed by atoms with Crippen LogP contribution in [0.4, 0.5) is 0 Å². The van der Waals surface area contributed by atoms with Crippen LogP contribution in [0.1, 0.15) is 37.1 Å². The number of hydrogen-bond donors (Lipinski definition) is 2. The molecule has 2 aromatic rings. The second kappa shape index (κ2) is 5.65. The summed E-state index contributed by atoms with van der Waals surface area (Å²) in [6, 6.07) is 9.40. The number of nitrogens with zero attached hydrogens (tertiary/aromatic N) is 2. The molecule has 1 aromatic carbocycles. The van der Waals surface area contributed by atoms with Gasteiger partial charge in [-0.05, 0) is 12.5 Å². The first-order valence-corrected chi connectivity index (χ1v) is 6.32. The molecule has 0 bridgehead atoms. The highest BCUT2D eigenvalue weighted by atomic mass is 16.1. The molecule has 2 N–H and O–H groups in total. The number of carbonyl (C=O) groups is 1. The molecule has 1 heterocycles. The lowest BCUT2D eigenvalue weighted by Crippen LogP contribution is -2.33. The van der Waals surface area contributed by atoms with Crippen molar-refractivity contribution in [1.82, 2.24) is 20.5 Å². The van der Waals surface area contributed by atoms with Crippen LogP contribution in [0.5, 0.6) is 0 Å². The van der Waals surface area contributed by atoms with Crippen LogP contribution in [0.15, 0.2) is 30.3 Å². The van der Waals surface area contributed by atoms with E-state index >= 15 is 0 Å². The highest BCUT2D eigenvalue weighted by molar-refractivity contribution is 5.78. The van der Waals surface area contributed by atoms with Crippen LogP contribution < -0.4 is 5.32 Å². The molecule has 1 unspecified atom stereocenters. The van der Waals surface area contributed by atoms with Gasteiger partial charge in [-0.15, -0.1) is 0 Å². The zero-order chi connectivity index (χ0) is 13.8. The lowest BCUT2D eigenvalue weighted by Gasteiger charge is -2.17. The van der Waals surface area contributed by atoms with Crippen molar-refractivity contribution in [3.63, 3.8) is 0 Å². The van der Waals surface area contributed by atoms with Gasteiger partial charge in [-0.3, -0.25) is 9.89 Å². The Morgan fingerprint density at radius 1 is 1.26 bits per heavy atom. The van der Waals surface area contributed by atoms with Gasteiger partial charge in [0.15, 0.2) is 5.82 Å². The molecule has 1 amide bonds. The van der Waals surface area contributed by atoms with Crippen molar-refractivity contribution >= 4 is 5.91 Å². The van der Waals surface area contributed by atoms with Crippen LogP contribution in [0.3, 0.4) is 0 Å². The summed E-state index contributed by atoms with van der Waals surface area (Å²) in [7, 11) is 0. The first-order chi connectivity index (χ1) is 9.08. The standard InChI is InChI=1S/C14H18N4O/c1-9(2)14(19)16-12(11-7-5-4-6-8-11)13-15-10(3)17-18-13/h4-9,12H,1-3H3,(H,16,19)(H,15,17,18). The van der Waals surface area contributed by atoms with Gasteiger partial charge in [0.05, 0.1) is 0 Å². The third-order valence-electron chi connectivity index (χ3n) is 2.82. The highest BCUT2D eigenvalue weighted by Crippen LogP contribution is 2.19. The maximum Gasteiger partial charge on any atom is 0.223 e. The Kier molecular flexibility index (Phi) is 3.94. The van der Waals surface area contributed by atoms with E-state index in [1.165, 1.54) is 0 Å². The minimum absolute atomic E-state index is 0.0173. The van der Waals surface area contributed by atoms with Crippen LogP contribution in [0.2, 0.25) is 0 Å². The minimum Gasteiger partial charge on any atom is -0.342 e. The van der Waals surface area contributed by atoms with E-state index in [1.54, 1.807) is 0 Å². The normalized spacial score (nSPS) is 12.4. The number of carbonyl (C=O) groups excluding carboxylic acids is 1. The SMILES string of the molecule is Cc1nc(C(NC(=O)C(C)C)c2ccccc2)n[nH]1. The number of nitrogens with one attached hydrogen (secondary N) is 2. The maximum absolute atomic E-state index is 11.9. The summed E-state index contributed by atoms with van der Waals surface area (Å²) < 4.78 is 0. The second-order valence-electron chi connectivity index (χ2n) is 4.79. The zero-order valence-corrected chi connectivity index (χ0v) is 11.3. The molecule has 5 nitrogen and oxygen atoms in total. The van der Waals surface area contributed by atoms with Gasteiger partial charge in [0.1, 0.15) is 11.9 Å². The molecule has 0 aliphatic carbocycles. The van der Waals surface area contributed by atoms with Crippen LogP contribution in [-0.2, 0) is 4.79 Å². The van der Waals surface area contributed by atoms with E-state index in [1.807, 2.05) is 51.1 Å². The molecule has 0 fully saturated rings. The average Bonchev–Trinajstić information content (AvgIpc) is 2.83. The van der Waals surface area contributed by atoms with E-state index in [0.717, 1.165) is 11.4 Å². The van der Waals surface area contributed by atoms with Gasteiger partial charge >= 0.3 is 0 Å². The van der Waals surface area contributed by atoms with Crippen molar-refractivity contribution in [1.29, 1.82) is 0 Å². The van der Waals surface area contributed by atoms with Gasteiger partial charge in [0, 0.05) is 5.92 Å². The van der Waals surface area contributed by atoms with Gasteiger partial charge in [-0.2, -0.15) is 5.10 Å². The summed E-state index contributed by atoms with van der Waals surface area (Å²) in [5.74, 6) is 1.22. The van der Waals surface area contributed by atoms with Crippen LogP contribution >= 0.6 is 0 Å². The Hall–Kier alpha value is -2.17. The molecule has 0 radical (unpaired) electrons. The molecule has 19 heavy (non-hydrogen) atoms. The van der Waals surface area contributed by atoms with E-state index in [9.17, 15) is 4.79 Å². The predicted octanol–water partition coefficient (Wildman–Crippen LogP) is 1.97. The molecule has 0 aliphatic heterocycles. The predicted molar refractivity (Wildman–Crippen MR) is 72.4 cm³/mol. The Morgan fingerprint density at radius 2 is 1.95 bits per heavy atom. The molecule has 0 spiro atoms. The van der Waals surface area contributed by atoms with E-state index < -0.39 is 0 Å². The van der Waals surface area contributed by atoms with Crippen molar-refractivity contribution in [3.05, 3.63) is 47.5 Å². The molecule has 0 aliphatic rings. The largest absolute Gasteiger partial charge is 0.342 e. The highest BCUT2D eigenvalue weighted by Gasteiger charge is 2.21. The van der Waals surface area contributed by atoms with Crippen molar-refractivity contribution in [2.45, 2.75) is 26.8 Å². The molecule has 1 atom stereocenters. The first-order valence-electron chi connectivity index (χ1n) is 6.32. The van der Waals surface area contributed by atoms with Crippen LogP contribution in [-0.4, -0.2) is 21.1 Å². The van der Waals surface area contributed by atoms with E-state index in [4.69, 9.17) is 0 Å². The van der Waals surface area contributed by atoms with Crippen molar-refractivity contribution in [2.24, 2.45) is 5.92 Å². The Balaban J connectivity index is 2.31. The lowest BCUT2D eigenvalue weighted by molar-refractivity contribution is -0.124. The summed E-state index contributed by atoms with van der Waals surface area (Å²) in [5.41, 5.74) is 0.968. The number of hydrogen-bond acceptors (Lipinski definition) is 3. The zero-order valence-electron chi connectivity index (χ0n) is 11.3. The maximum atomic E-state index is 11.9. The molecule has 1 aromatic heterocycles. The van der Waals surface area contributed by atoms with Gasteiger partial charge in [0.2, 0.25) is 5.91 Å². The van der Waals surface area contributed by atoms with Crippen molar-refractivity contribution in [2.75, 3.05) is 0 Å². The number of aromatic nitrogens is 3. The van der Waals surface area contributed by atoms with Gasteiger partial charge in [0.25, 0.3) is 0 Å². The first kappa shape index (κ1) is 13.3. The summed E-state index contributed by atoms with van der Waals surface area (Å²) in [6.07, 6.45) is 0. The monoisotopic (exact) mass is 258 g/mol. The average molecular weight is 258 g/mol. The Bertz CT molecular complexity index is 548. The topological polar surface area (TPSA) is 70.7 Å². The molecule has 0 saturated carbocycles. The van der Waals surface area contributed by atoms with E-state index in [2.05, 4.69) is 20.5 Å². The molecule has 0 saturated heterocycles. The molecular formula is C14H18N4O. The fraction of sp³-hybridized carbons (Fsp3) is 0.357. The number of aromatic amines is 1. The second-order valence-corrected chi connectivity index (χ2v) is 4.79. The third kappa shape index (κ3) is 3.19. The smallest absolute Gasteiger partial charge is 0.223 e. The van der Waals surface area contributed by atoms with Crippen molar-refractivity contribution < 1.29 is 4.79 Å². The quantitative estimate of drug-likeness (QED) is 0.880. The summed E-state index contributed by atoms with van der Waals surface area (Å²) in [4.78, 5) is 16.2. The van der Waals surface area contributed by atoms with Crippen molar-refractivity contribution in [3.8, 4) is 0 Å². The summed E-state index contributed by atoms with van der Waals surface area (Å²) in [6.45, 7) is 5.56. The number of rotatable bonds is 4.